The quantitative estimate of drug-likeness (QED) is 0.116. The highest BCUT2D eigenvalue weighted by atomic mass is 14.4. The van der Waals surface area contributed by atoms with E-state index in [0.717, 1.165) is 35.5 Å². The predicted octanol–water partition coefficient (Wildman–Crippen LogP) is 16.2. The summed E-state index contributed by atoms with van der Waals surface area (Å²) in [6, 6.07) is 36.7. The molecule has 0 heterocycles. The van der Waals surface area contributed by atoms with Gasteiger partial charge in [-0.3, -0.25) is 0 Å². The van der Waals surface area contributed by atoms with Gasteiger partial charge in [-0.25, -0.2) is 0 Å². The number of hydrogen-bond donors (Lipinski definition) is 0. The molecule has 0 saturated carbocycles. The molecule has 0 saturated heterocycles. The van der Waals surface area contributed by atoms with E-state index in [1.165, 1.54) is 101 Å². The van der Waals surface area contributed by atoms with Gasteiger partial charge in [0.15, 0.2) is 0 Å². The molecule has 6 unspecified atom stereocenters. The molecule has 6 atom stereocenters. The van der Waals surface area contributed by atoms with Crippen molar-refractivity contribution in [1.29, 1.82) is 0 Å². The van der Waals surface area contributed by atoms with Crippen molar-refractivity contribution in [2.45, 2.75) is 138 Å². The molecule has 0 bridgehead atoms. The molecule has 0 N–H and O–H groups in total. The average molecular weight is 731 g/mol. The molecule has 0 aromatic heterocycles. The molecule has 0 fully saturated rings. The Kier molecular flexibility index (Phi) is 11.6. The van der Waals surface area contributed by atoms with Crippen molar-refractivity contribution in [3.63, 3.8) is 0 Å². The molecule has 6 aromatic carbocycles. The van der Waals surface area contributed by atoms with Gasteiger partial charge in [0.25, 0.3) is 0 Å². The summed E-state index contributed by atoms with van der Waals surface area (Å²) in [5, 5.41) is 11.3. The lowest BCUT2D eigenvalue weighted by molar-refractivity contribution is 0.249. The van der Waals surface area contributed by atoms with Gasteiger partial charge in [-0.05, 0) is 157 Å². The maximum absolute atomic E-state index is 2.53. The first-order chi connectivity index (χ1) is 26.4. The van der Waals surface area contributed by atoms with Crippen molar-refractivity contribution >= 4 is 43.1 Å². The molecule has 0 amide bonds. The Hall–Kier alpha value is -3.64. The summed E-state index contributed by atoms with van der Waals surface area (Å²) >= 11 is 0. The maximum Gasteiger partial charge on any atom is -0.00435 e. The van der Waals surface area contributed by atoms with Gasteiger partial charge < -0.3 is 0 Å². The Morgan fingerprint density at radius 1 is 0.455 bits per heavy atom. The third-order valence-corrected chi connectivity index (χ3v) is 15.9. The second-order valence-electron chi connectivity index (χ2n) is 19.4. The number of fused-ring (bicyclic) bond motifs is 10. The van der Waals surface area contributed by atoms with E-state index in [9.17, 15) is 0 Å². The van der Waals surface area contributed by atoms with Crippen LogP contribution in [-0.2, 0) is 23.7 Å². The highest BCUT2D eigenvalue weighted by Gasteiger charge is 2.41. The molecule has 8 rings (SSSR count). The molecule has 290 valence electrons. The predicted molar refractivity (Wildman–Crippen MR) is 244 cm³/mol. The molecule has 0 aliphatic heterocycles. The van der Waals surface area contributed by atoms with E-state index in [1.807, 2.05) is 0 Å². The minimum atomic E-state index is 0.324. The number of hydrogen-bond acceptors (Lipinski definition) is 0. The SMILES string of the molecule is CC(C)C(C)CCC(C)C1(C)CCc2c1ccc1c2ccc2ccccc21.CCC(CCC(C)C1(C)CCc2c1ccc1c2ccc2ccccc21)C(C)C. The van der Waals surface area contributed by atoms with Crippen LogP contribution in [0.15, 0.2) is 97.1 Å². The van der Waals surface area contributed by atoms with Crippen molar-refractivity contribution in [3.8, 4) is 0 Å². The standard InChI is InChI=1S/C28H36.C27H34/c1-6-21(19(2)3)12-11-20(4)28(5)18-17-26-25-14-13-22-9-7-8-10-23(22)24(25)15-16-27(26)28;1-18(2)19(3)10-11-20(4)27(5)17-16-25-24-13-12-21-8-6-7-9-22(21)23(24)14-15-26(25)27/h7-10,13-16,19-21H,6,11-12,17-18H2,1-5H3;6-9,12-15,18-20H,10-11,16-17H2,1-5H3. The largest absolute Gasteiger partial charge is 0.0651 e. The Morgan fingerprint density at radius 2 is 0.891 bits per heavy atom. The van der Waals surface area contributed by atoms with Crippen molar-refractivity contribution in [1.82, 2.24) is 0 Å². The summed E-state index contributed by atoms with van der Waals surface area (Å²) in [4.78, 5) is 0. The van der Waals surface area contributed by atoms with E-state index in [1.54, 1.807) is 22.3 Å². The summed E-state index contributed by atoms with van der Waals surface area (Å²) in [6.07, 6.45) is 11.8. The fourth-order valence-corrected chi connectivity index (χ4v) is 10.9. The summed E-state index contributed by atoms with van der Waals surface area (Å²) < 4.78 is 0. The van der Waals surface area contributed by atoms with Crippen LogP contribution in [0.3, 0.4) is 0 Å². The van der Waals surface area contributed by atoms with Crippen molar-refractivity contribution in [2.75, 3.05) is 0 Å². The topological polar surface area (TPSA) is 0 Å². The molecule has 2 aliphatic carbocycles. The van der Waals surface area contributed by atoms with Crippen molar-refractivity contribution in [2.24, 2.45) is 35.5 Å². The minimum Gasteiger partial charge on any atom is -0.0651 e. The van der Waals surface area contributed by atoms with Crippen LogP contribution in [0.4, 0.5) is 0 Å². The van der Waals surface area contributed by atoms with E-state index in [4.69, 9.17) is 0 Å². The third kappa shape index (κ3) is 7.38. The molecule has 2 aliphatic rings. The molecule has 6 aromatic rings. The van der Waals surface area contributed by atoms with Gasteiger partial charge in [-0.1, -0.05) is 179 Å². The first-order valence-electron chi connectivity index (χ1n) is 22.2. The average Bonchev–Trinajstić information content (AvgIpc) is 3.74. The zero-order chi connectivity index (χ0) is 39.1. The van der Waals surface area contributed by atoms with Crippen LogP contribution in [-0.4, -0.2) is 0 Å². The Labute approximate surface area is 334 Å². The van der Waals surface area contributed by atoms with Gasteiger partial charge in [0.2, 0.25) is 0 Å². The summed E-state index contributed by atoms with van der Waals surface area (Å²) in [5.74, 6) is 4.75. The third-order valence-electron chi connectivity index (χ3n) is 15.9. The first-order valence-corrected chi connectivity index (χ1v) is 22.2. The fraction of sp³-hybridized carbons (Fsp3) is 0.491. The van der Waals surface area contributed by atoms with Crippen LogP contribution in [0.2, 0.25) is 0 Å². The smallest absolute Gasteiger partial charge is 0.00435 e. The van der Waals surface area contributed by atoms with Crippen molar-refractivity contribution < 1.29 is 0 Å². The van der Waals surface area contributed by atoms with E-state index in [0.29, 0.717) is 10.8 Å². The Morgan fingerprint density at radius 3 is 1.33 bits per heavy atom. The van der Waals surface area contributed by atoms with Gasteiger partial charge in [0.05, 0.1) is 0 Å². The van der Waals surface area contributed by atoms with Gasteiger partial charge >= 0.3 is 0 Å². The molecule has 0 nitrogen and oxygen atoms in total. The van der Waals surface area contributed by atoms with Crippen LogP contribution in [0.1, 0.15) is 136 Å². The number of benzene rings is 6. The van der Waals surface area contributed by atoms with Crippen LogP contribution >= 0.6 is 0 Å². The second-order valence-corrected chi connectivity index (χ2v) is 19.4. The lowest BCUT2D eigenvalue weighted by Crippen LogP contribution is -2.28. The van der Waals surface area contributed by atoms with E-state index < -0.39 is 0 Å². The number of aryl methyl sites for hydroxylation is 2. The van der Waals surface area contributed by atoms with E-state index >= 15 is 0 Å². The second kappa shape index (κ2) is 16.1. The van der Waals surface area contributed by atoms with Crippen LogP contribution in [0, 0.1) is 35.5 Å². The first kappa shape index (κ1) is 39.6. The van der Waals surface area contributed by atoms with Crippen molar-refractivity contribution in [3.05, 3.63) is 119 Å². The van der Waals surface area contributed by atoms with E-state index in [2.05, 4.69) is 166 Å². The highest BCUT2D eigenvalue weighted by Crippen LogP contribution is 2.50. The molecule has 0 spiro atoms. The fourth-order valence-electron chi connectivity index (χ4n) is 10.9. The molecule has 55 heavy (non-hydrogen) atoms. The van der Waals surface area contributed by atoms with Gasteiger partial charge in [-0.2, -0.15) is 0 Å². The van der Waals surface area contributed by atoms with Gasteiger partial charge in [-0.15, -0.1) is 0 Å². The van der Waals surface area contributed by atoms with Crippen LogP contribution in [0.25, 0.3) is 43.1 Å². The monoisotopic (exact) mass is 731 g/mol. The van der Waals surface area contributed by atoms with Crippen LogP contribution < -0.4 is 0 Å². The lowest BCUT2D eigenvalue weighted by Gasteiger charge is -2.34. The normalized spacial score (nSPS) is 21.5. The lowest BCUT2D eigenvalue weighted by atomic mass is 9.70. The summed E-state index contributed by atoms with van der Waals surface area (Å²) in [7, 11) is 0. The number of rotatable bonds is 11. The van der Waals surface area contributed by atoms with Crippen LogP contribution in [0.5, 0.6) is 0 Å². The minimum absolute atomic E-state index is 0.324. The molecular formula is C55H70. The van der Waals surface area contributed by atoms with Gasteiger partial charge in [0, 0.05) is 0 Å². The van der Waals surface area contributed by atoms with E-state index in [-0.39, 0.29) is 0 Å². The maximum atomic E-state index is 2.53. The molecule has 0 heteroatoms. The van der Waals surface area contributed by atoms with Gasteiger partial charge in [0.1, 0.15) is 0 Å². The molecule has 0 radical (unpaired) electrons. The Balaban J connectivity index is 0.000000169. The highest BCUT2D eigenvalue weighted by molar-refractivity contribution is 6.10. The summed E-state index contributed by atoms with van der Waals surface area (Å²) in [5.41, 5.74) is 7.13. The zero-order valence-electron chi connectivity index (χ0n) is 36.1. The Bertz CT molecular complexity index is 2270. The zero-order valence-corrected chi connectivity index (χ0v) is 36.1. The summed E-state index contributed by atoms with van der Waals surface area (Å²) in [6.45, 7) is 24.3. The molecular weight excluding hydrogens is 661 g/mol.